The maximum Gasteiger partial charge on any atom is 0.274 e. The molecule has 0 radical (unpaired) electrons. The molecule has 2 aromatic rings. The first-order valence-electron chi connectivity index (χ1n) is 6.89. The van der Waals surface area contributed by atoms with Crippen molar-refractivity contribution in [2.75, 3.05) is 11.9 Å². The van der Waals surface area contributed by atoms with E-state index in [1.165, 1.54) is 6.07 Å². The highest BCUT2D eigenvalue weighted by Gasteiger charge is 2.11. The molecule has 0 aliphatic heterocycles. The monoisotopic (exact) mass is 286 g/mol. The van der Waals surface area contributed by atoms with Gasteiger partial charge in [-0.3, -0.25) is 10.1 Å². The zero-order valence-electron chi connectivity index (χ0n) is 11.9. The smallest absolute Gasteiger partial charge is 0.274 e. The van der Waals surface area contributed by atoms with Gasteiger partial charge in [0.15, 0.2) is 0 Å². The maximum absolute atomic E-state index is 10.9. The van der Waals surface area contributed by atoms with Crippen molar-refractivity contribution < 1.29 is 9.66 Å². The van der Waals surface area contributed by atoms with Gasteiger partial charge in [0.2, 0.25) is 0 Å². The maximum atomic E-state index is 10.9. The van der Waals surface area contributed by atoms with Crippen LogP contribution in [0.15, 0.2) is 48.5 Å². The number of hydrogen-bond acceptors (Lipinski definition) is 4. The number of para-hydroxylation sites is 1. The van der Waals surface area contributed by atoms with Crippen molar-refractivity contribution in [3.8, 4) is 5.75 Å². The second kappa shape index (κ2) is 7.28. The van der Waals surface area contributed by atoms with Gasteiger partial charge in [-0.1, -0.05) is 25.1 Å². The molecule has 110 valence electrons. The fourth-order valence-electron chi connectivity index (χ4n) is 1.92. The molecule has 0 aliphatic carbocycles. The van der Waals surface area contributed by atoms with Crippen molar-refractivity contribution >= 4 is 11.4 Å². The summed E-state index contributed by atoms with van der Waals surface area (Å²) in [6, 6.07) is 14.3. The molecule has 0 saturated carbocycles. The quantitative estimate of drug-likeness (QED) is 0.617. The van der Waals surface area contributed by atoms with Gasteiger partial charge in [-0.15, -0.1) is 0 Å². The van der Waals surface area contributed by atoms with Gasteiger partial charge in [0, 0.05) is 23.9 Å². The van der Waals surface area contributed by atoms with Gasteiger partial charge in [0.05, 0.1) is 11.5 Å². The van der Waals surface area contributed by atoms with E-state index in [4.69, 9.17) is 4.74 Å². The summed E-state index contributed by atoms with van der Waals surface area (Å²) in [5, 5.41) is 14.1. The molecular weight excluding hydrogens is 268 g/mol. The number of nitrogens with zero attached hydrogens (tertiary/aromatic N) is 1. The van der Waals surface area contributed by atoms with Gasteiger partial charge >= 0.3 is 0 Å². The van der Waals surface area contributed by atoms with Gasteiger partial charge in [0.1, 0.15) is 5.75 Å². The number of anilines is 1. The zero-order chi connectivity index (χ0) is 15.1. The summed E-state index contributed by atoms with van der Waals surface area (Å²) >= 11 is 0. The Labute approximate surface area is 123 Å². The SMILES string of the molecule is CCCOc1ccc(NCc2ccccc2[N+](=O)[O-])cc1. The molecule has 5 heteroatoms. The molecule has 2 rings (SSSR count). The number of nitro benzene ring substituents is 1. The summed E-state index contributed by atoms with van der Waals surface area (Å²) in [6.07, 6.45) is 0.970. The Morgan fingerprint density at radius 2 is 1.86 bits per heavy atom. The predicted molar refractivity (Wildman–Crippen MR) is 82.7 cm³/mol. The lowest BCUT2D eigenvalue weighted by Gasteiger charge is -2.09. The highest BCUT2D eigenvalue weighted by molar-refractivity contribution is 5.49. The first kappa shape index (κ1) is 14.8. The van der Waals surface area contributed by atoms with Crippen LogP contribution in [0.25, 0.3) is 0 Å². The molecule has 0 aromatic heterocycles. The lowest BCUT2D eigenvalue weighted by Crippen LogP contribution is -2.03. The minimum Gasteiger partial charge on any atom is -0.494 e. The molecule has 0 unspecified atom stereocenters. The van der Waals surface area contributed by atoms with Crippen LogP contribution in [0, 0.1) is 10.1 Å². The van der Waals surface area contributed by atoms with Crippen molar-refractivity contribution in [3.05, 3.63) is 64.2 Å². The molecular formula is C16H18N2O3. The van der Waals surface area contributed by atoms with E-state index in [1.807, 2.05) is 24.3 Å². The Balaban J connectivity index is 1.98. The Morgan fingerprint density at radius 3 is 2.52 bits per heavy atom. The van der Waals surface area contributed by atoms with Crippen molar-refractivity contribution in [1.82, 2.24) is 0 Å². The summed E-state index contributed by atoms with van der Waals surface area (Å²) in [5.41, 5.74) is 1.69. The zero-order valence-corrected chi connectivity index (χ0v) is 11.9. The van der Waals surface area contributed by atoms with E-state index in [0.717, 1.165) is 17.9 Å². The van der Waals surface area contributed by atoms with Crippen molar-refractivity contribution in [1.29, 1.82) is 0 Å². The Hall–Kier alpha value is -2.56. The van der Waals surface area contributed by atoms with E-state index < -0.39 is 0 Å². The highest BCUT2D eigenvalue weighted by atomic mass is 16.6. The van der Waals surface area contributed by atoms with Crippen LogP contribution in [0.1, 0.15) is 18.9 Å². The second-order valence-corrected chi connectivity index (χ2v) is 4.61. The molecule has 0 fully saturated rings. The van der Waals surface area contributed by atoms with Crippen LogP contribution in [0.4, 0.5) is 11.4 Å². The van der Waals surface area contributed by atoms with E-state index in [-0.39, 0.29) is 10.6 Å². The molecule has 0 spiro atoms. The largest absolute Gasteiger partial charge is 0.494 e. The van der Waals surface area contributed by atoms with Crippen LogP contribution in [0.3, 0.4) is 0 Å². The van der Waals surface area contributed by atoms with Crippen LogP contribution in [0.5, 0.6) is 5.75 Å². The fraction of sp³-hybridized carbons (Fsp3) is 0.250. The van der Waals surface area contributed by atoms with E-state index in [0.29, 0.717) is 18.7 Å². The van der Waals surface area contributed by atoms with Crippen molar-refractivity contribution in [3.63, 3.8) is 0 Å². The third-order valence-electron chi connectivity index (χ3n) is 3.00. The molecule has 0 heterocycles. The molecule has 5 nitrogen and oxygen atoms in total. The molecule has 0 amide bonds. The molecule has 0 saturated heterocycles. The lowest BCUT2D eigenvalue weighted by atomic mass is 10.2. The number of rotatable bonds is 7. The highest BCUT2D eigenvalue weighted by Crippen LogP contribution is 2.20. The van der Waals surface area contributed by atoms with Gasteiger partial charge in [-0.2, -0.15) is 0 Å². The molecule has 0 aliphatic rings. The number of nitrogens with one attached hydrogen (secondary N) is 1. The Kier molecular flexibility index (Phi) is 5.15. The molecule has 21 heavy (non-hydrogen) atoms. The summed E-state index contributed by atoms with van der Waals surface area (Å²) < 4.78 is 5.51. The van der Waals surface area contributed by atoms with Gasteiger partial charge in [-0.25, -0.2) is 0 Å². The average molecular weight is 286 g/mol. The standard InChI is InChI=1S/C16H18N2O3/c1-2-11-21-15-9-7-14(8-10-15)17-12-13-5-3-4-6-16(13)18(19)20/h3-10,17H,2,11-12H2,1H3. The number of hydrogen-bond donors (Lipinski definition) is 1. The second-order valence-electron chi connectivity index (χ2n) is 4.61. The lowest BCUT2D eigenvalue weighted by molar-refractivity contribution is -0.385. The van der Waals surface area contributed by atoms with Crippen LogP contribution in [-0.4, -0.2) is 11.5 Å². The van der Waals surface area contributed by atoms with Gasteiger partial charge in [-0.05, 0) is 30.7 Å². The summed E-state index contributed by atoms with van der Waals surface area (Å²) in [4.78, 5) is 10.6. The Bertz CT molecular complexity index is 597. The normalized spacial score (nSPS) is 10.1. The number of ether oxygens (including phenoxy) is 1. The van der Waals surface area contributed by atoms with Gasteiger partial charge < -0.3 is 10.1 Å². The first-order chi connectivity index (χ1) is 10.2. The van der Waals surface area contributed by atoms with Crippen LogP contribution in [0.2, 0.25) is 0 Å². The summed E-state index contributed by atoms with van der Waals surface area (Å²) in [5.74, 6) is 0.827. The Morgan fingerprint density at radius 1 is 1.14 bits per heavy atom. The molecule has 0 bridgehead atoms. The summed E-state index contributed by atoms with van der Waals surface area (Å²) in [7, 11) is 0. The van der Waals surface area contributed by atoms with Crippen molar-refractivity contribution in [2.24, 2.45) is 0 Å². The third-order valence-corrected chi connectivity index (χ3v) is 3.00. The van der Waals surface area contributed by atoms with Gasteiger partial charge in [0.25, 0.3) is 5.69 Å². The molecule has 2 aromatic carbocycles. The topological polar surface area (TPSA) is 64.4 Å². The predicted octanol–water partition coefficient (Wildman–Crippen LogP) is 4.00. The van der Waals surface area contributed by atoms with Crippen LogP contribution >= 0.6 is 0 Å². The van der Waals surface area contributed by atoms with Crippen LogP contribution in [-0.2, 0) is 6.54 Å². The van der Waals surface area contributed by atoms with E-state index >= 15 is 0 Å². The molecule has 1 N–H and O–H groups in total. The minimum absolute atomic E-state index is 0.132. The number of nitro groups is 1. The first-order valence-corrected chi connectivity index (χ1v) is 6.89. The van der Waals surface area contributed by atoms with E-state index in [9.17, 15) is 10.1 Å². The average Bonchev–Trinajstić information content (AvgIpc) is 2.52. The van der Waals surface area contributed by atoms with Crippen LogP contribution < -0.4 is 10.1 Å². The van der Waals surface area contributed by atoms with Crippen molar-refractivity contribution in [2.45, 2.75) is 19.9 Å². The molecule has 0 atom stereocenters. The van der Waals surface area contributed by atoms with E-state index in [1.54, 1.807) is 18.2 Å². The minimum atomic E-state index is -0.362. The number of benzene rings is 2. The fourth-order valence-corrected chi connectivity index (χ4v) is 1.92. The third kappa shape index (κ3) is 4.21. The van der Waals surface area contributed by atoms with E-state index in [2.05, 4.69) is 12.2 Å². The summed E-state index contributed by atoms with van der Waals surface area (Å²) in [6.45, 7) is 3.16.